The minimum absolute atomic E-state index is 0.0414. The highest BCUT2D eigenvalue weighted by molar-refractivity contribution is 6.99. The topological polar surface area (TPSA) is 31.2 Å². The summed E-state index contributed by atoms with van der Waals surface area (Å²) < 4.78 is 17.1. The van der Waals surface area contributed by atoms with Gasteiger partial charge in [-0.25, -0.2) is 0 Å². The van der Waals surface area contributed by atoms with Crippen molar-refractivity contribution >= 4 is 88.8 Å². The third-order valence-corrected chi connectivity index (χ3v) is 13.7. The van der Waals surface area contributed by atoms with Crippen LogP contribution in [0.15, 0.2) is 148 Å². The molecule has 0 N–H and O–H groups in total. The second-order valence-electron chi connectivity index (χ2n) is 17.3. The fourth-order valence-corrected chi connectivity index (χ4v) is 11.6. The van der Waals surface area contributed by atoms with Gasteiger partial charge in [-0.15, -0.1) is 0 Å². The number of fused-ring (bicyclic) bond motifs is 9. The maximum Gasteiger partial charge on any atom is 0.248 e. The summed E-state index contributed by atoms with van der Waals surface area (Å²) in [6.07, 6.45) is 0. The van der Waals surface area contributed by atoms with Crippen molar-refractivity contribution in [2.24, 2.45) is 0 Å². The lowest BCUT2D eigenvalue weighted by Crippen LogP contribution is -2.59. The summed E-state index contributed by atoms with van der Waals surface area (Å²) >= 11 is 0. The zero-order valence-electron chi connectivity index (χ0n) is 33.1. The third-order valence-electron chi connectivity index (χ3n) is 13.7. The molecule has 5 heterocycles. The largest absolute Gasteiger partial charge is 0.455 e. The van der Waals surface area contributed by atoms with Crippen LogP contribution in [0.4, 0.5) is 0 Å². The molecule has 8 aromatic carbocycles. The fraction of sp³-hybridized carbons (Fsp3) is 0.111. The van der Waals surface area contributed by atoms with Gasteiger partial charge in [0.15, 0.2) is 0 Å². The number of nitrogens with zero attached hydrogens (tertiary/aromatic N) is 1. The van der Waals surface area contributed by atoms with Gasteiger partial charge in [-0.05, 0) is 77.2 Å². The van der Waals surface area contributed by atoms with Crippen molar-refractivity contribution in [3.8, 4) is 27.9 Å². The van der Waals surface area contributed by atoms with E-state index in [4.69, 9.17) is 8.83 Å². The van der Waals surface area contributed by atoms with Crippen LogP contribution in [0.5, 0.6) is 0 Å². The highest BCUT2D eigenvalue weighted by Crippen LogP contribution is 2.57. The first-order valence-electron chi connectivity index (χ1n) is 20.5. The van der Waals surface area contributed by atoms with Gasteiger partial charge in [-0.3, -0.25) is 0 Å². The average molecular weight is 744 g/mol. The number of aromatic nitrogens is 1. The third kappa shape index (κ3) is 3.82. The van der Waals surface area contributed by atoms with Crippen LogP contribution in [0.1, 0.15) is 41.7 Å². The first kappa shape index (κ1) is 32.3. The van der Waals surface area contributed by atoms with Crippen LogP contribution in [0.3, 0.4) is 0 Å². The Balaban J connectivity index is 1.42. The number of furan rings is 2. The van der Waals surface area contributed by atoms with Crippen LogP contribution < -0.4 is 16.4 Å². The SMILES string of the molecule is Cc1cc(C)c(B2c3cccc4c3-n3c5c2c(-c2ccccc2)c2c6ccccc6oc2c5c2c5oc6ccccc6c5c(-c5ccccc5)c(c23)C4(C)C)c(C)c1. The van der Waals surface area contributed by atoms with Crippen molar-refractivity contribution in [2.75, 3.05) is 0 Å². The Morgan fingerprint density at radius 2 is 1.05 bits per heavy atom. The summed E-state index contributed by atoms with van der Waals surface area (Å²) in [5, 5.41) is 6.84. The summed E-state index contributed by atoms with van der Waals surface area (Å²) in [6, 6.07) is 51.1. The smallest absolute Gasteiger partial charge is 0.248 e. The van der Waals surface area contributed by atoms with E-state index in [-0.39, 0.29) is 12.1 Å². The van der Waals surface area contributed by atoms with Crippen LogP contribution in [-0.4, -0.2) is 11.3 Å². The predicted molar refractivity (Wildman–Crippen MR) is 244 cm³/mol. The number of hydrogen-bond acceptors (Lipinski definition) is 2. The highest BCUT2D eigenvalue weighted by atomic mass is 16.3. The standard InChI is InChI=1S/C54H38BNO2/c1-29-27-30(2)47(31(3)28-29)55-37-24-16-23-36-49(37)56-50-44(45-51(56)48(55)41(33-19-10-7-11-20-33)43-35-22-13-15-26-39(35)58-53(43)45)52-42(34-21-12-14-25-38(34)57-52)40(46(50)54(36,4)5)32-17-8-6-9-18-32/h6-28H,1-5H3. The zero-order chi connectivity index (χ0) is 38.8. The Bertz CT molecular complexity index is 3600. The molecule has 0 fully saturated rings. The molecule has 0 atom stereocenters. The molecule has 0 radical (unpaired) electrons. The van der Waals surface area contributed by atoms with Crippen molar-refractivity contribution in [3.63, 3.8) is 0 Å². The van der Waals surface area contributed by atoms with Crippen LogP contribution in [0, 0.1) is 20.8 Å². The van der Waals surface area contributed by atoms with Crippen molar-refractivity contribution in [2.45, 2.75) is 40.0 Å². The van der Waals surface area contributed by atoms with E-state index in [9.17, 15) is 0 Å². The fourth-order valence-electron chi connectivity index (χ4n) is 11.6. The maximum atomic E-state index is 7.26. The monoisotopic (exact) mass is 743 g/mol. The first-order valence-corrected chi connectivity index (χ1v) is 20.5. The van der Waals surface area contributed by atoms with E-state index in [1.54, 1.807) is 0 Å². The predicted octanol–water partition coefficient (Wildman–Crippen LogP) is 12.3. The van der Waals surface area contributed by atoms with Crippen LogP contribution in [0.25, 0.3) is 93.6 Å². The van der Waals surface area contributed by atoms with Gasteiger partial charge in [0.05, 0.1) is 21.8 Å². The molecule has 274 valence electrons. The molecular weight excluding hydrogens is 705 g/mol. The Morgan fingerprint density at radius 1 is 0.517 bits per heavy atom. The van der Waals surface area contributed by atoms with E-state index in [1.165, 1.54) is 83.2 Å². The molecule has 0 unspecified atom stereocenters. The molecule has 0 saturated heterocycles. The van der Waals surface area contributed by atoms with Gasteiger partial charge in [0.1, 0.15) is 22.3 Å². The van der Waals surface area contributed by atoms with Gasteiger partial charge in [-0.1, -0.05) is 163 Å². The number of para-hydroxylation sites is 3. The Hall–Kier alpha value is -6.78. The number of rotatable bonds is 3. The van der Waals surface area contributed by atoms with Crippen LogP contribution in [0.2, 0.25) is 0 Å². The van der Waals surface area contributed by atoms with Gasteiger partial charge >= 0.3 is 0 Å². The van der Waals surface area contributed by atoms with E-state index in [0.29, 0.717) is 0 Å². The van der Waals surface area contributed by atoms with Gasteiger partial charge < -0.3 is 13.4 Å². The summed E-state index contributed by atoms with van der Waals surface area (Å²) in [5.41, 5.74) is 22.5. The average Bonchev–Trinajstić information content (AvgIpc) is 3.92. The van der Waals surface area contributed by atoms with Crippen molar-refractivity contribution < 1.29 is 8.83 Å². The van der Waals surface area contributed by atoms with Crippen molar-refractivity contribution in [1.29, 1.82) is 0 Å². The molecule has 0 saturated carbocycles. The molecule has 58 heavy (non-hydrogen) atoms. The molecule has 3 aromatic heterocycles. The molecule has 0 amide bonds. The maximum absolute atomic E-state index is 7.26. The zero-order valence-corrected chi connectivity index (χ0v) is 33.1. The van der Waals surface area contributed by atoms with Crippen LogP contribution >= 0.6 is 0 Å². The minimum atomic E-state index is -0.375. The molecule has 13 rings (SSSR count). The van der Waals surface area contributed by atoms with E-state index in [1.807, 2.05) is 0 Å². The normalized spacial score (nSPS) is 14.1. The van der Waals surface area contributed by atoms with Crippen molar-refractivity contribution in [1.82, 2.24) is 4.57 Å². The Labute approximate surface area is 336 Å². The lowest BCUT2D eigenvalue weighted by Gasteiger charge is -2.41. The lowest BCUT2D eigenvalue weighted by atomic mass is 9.33. The van der Waals surface area contributed by atoms with Gasteiger partial charge in [0.25, 0.3) is 0 Å². The van der Waals surface area contributed by atoms with E-state index < -0.39 is 0 Å². The summed E-state index contributed by atoms with van der Waals surface area (Å²) in [7, 11) is 0. The van der Waals surface area contributed by atoms with Crippen molar-refractivity contribution in [3.05, 3.63) is 167 Å². The quantitative estimate of drug-likeness (QED) is 0.169. The van der Waals surface area contributed by atoms with E-state index in [0.717, 1.165) is 54.6 Å². The van der Waals surface area contributed by atoms with Gasteiger partial charge in [0.2, 0.25) is 6.71 Å². The molecule has 2 aliphatic heterocycles. The molecule has 3 nitrogen and oxygen atoms in total. The number of hydrogen-bond donors (Lipinski definition) is 0. The Morgan fingerprint density at radius 3 is 1.67 bits per heavy atom. The van der Waals surface area contributed by atoms with Gasteiger partial charge in [0, 0.05) is 32.6 Å². The highest BCUT2D eigenvalue weighted by Gasteiger charge is 2.47. The first-order chi connectivity index (χ1) is 28.3. The Kier molecular flexibility index (Phi) is 6.13. The lowest BCUT2D eigenvalue weighted by molar-refractivity contribution is 0.632. The van der Waals surface area contributed by atoms with Crippen LogP contribution in [-0.2, 0) is 5.41 Å². The summed E-state index contributed by atoms with van der Waals surface area (Å²) in [5.74, 6) is 0. The summed E-state index contributed by atoms with van der Waals surface area (Å²) in [4.78, 5) is 0. The second kappa shape index (κ2) is 11.0. The molecule has 0 aliphatic carbocycles. The van der Waals surface area contributed by atoms with E-state index in [2.05, 4.69) is 179 Å². The number of aryl methyl sites for hydroxylation is 3. The summed E-state index contributed by atoms with van der Waals surface area (Å²) in [6.45, 7) is 11.7. The molecule has 0 bridgehead atoms. The minimum Gasteiger partial charge on any atom is -0.455 e. The molecule has 11 aromatic rings. The molecular formula is C54H38BNO2. The molecule has 2 aliphatic rings. The molecule has 4 heteroatoms. The van der Waals surface area contributed by atoms with Gasteiger partial charge in [-0.2, -0.15) is 0 Å². The second-order valence-corrected chi connectivity index (χ2v) is 17.3. The number of benzene rings is 8. The molecule has 0 spiro atoms. The van der Waals surface area contributed by atoms with E-state index >= 15 is 0 Å².